The molecule has 498 valence electrons. The average Bonchev–Trinajstić information content (AvgIpc) is 3.45. The van der Waals surface area contributed by atoms with E-state index in [0.29, 0.717) is 37.5 Å². The maximum Gasteiger partial charge on any atom is 0.472 e. The standard InChI is InChI=1S/C65H126O17P2/c1-9-58(8)44-36-28-19-14-15-21-31-39-47-64(69)81-60(51-75-62(67)45-37-29-20-13-11-10-12-17-25-33-41-55(2)3)53-79-83(71,72)77-49-59(66)50-78-84(73,74)80-54-61(82-65(70)48-40-32-24-23-27-35-43-57(6)7)52-76-63(68)46-38-30-22-16-18-26-34-42-56(4)5/h55-61,66H,9-54H2,1-8H3,(H,71,72)(H,73,74)/t58?,59?,60-,61-/m1/s1. The molecule has 17 nitrogen and oxygen atoms in total. The summed E-state index contributed by atoms with van der Waals surface area (Å²) in [6.45, 7) is 13.9. The second kappa shape index (κ2) is 55.2. The minimum Gasteiger partial charge on any atom is -0.462 e. The molecule has 0 aliphatic rings. The lowest BCUT2D eigenvalue weighted by Crippen LogP contribution is -2.30. The molecule has 19 heteroatoms. The SMILES string of the molecule is CCC(C)CCCCCCCCCCC(=O)O[C@H](COC(=O)CCCCCCCCCCCCC(C)C)COP(=O)(O)OCC(O)COP(=O)(O)OC[C@@H](COC(=O)CCCCCCCCCC(C)C)OC(=O)CCCCCCCCC(C)C. The molecule has 3 N–H and O–H groups in total. The molecule has 0 saturated carbocycles. The van der Waals surface area contributed by atoms with E-state index in [-0.39, 0.29) is 25.7 Å². The van der Waals surface area contributed by atoms with Crippen LogP contribution in [0.5, 0.6) is 0 Å². The number of unbranched alkanes of at least 4 members (excludes halogenated alkanes) is 27. The predicted molar refractivity (Wildman–Crippen MR) is 335 cm³/mol. The molecular formula is C65H126O17P2. The smallest absolute Gasteiger partial charge is 0.462 e. The number of carbonyl (C=O) groups is 4. The van der Waals surface area contributed by atoms with E-state index in [4.69, 9.17) is 37.0 Å². The van der Waals surface area contributed by atoms with Gasteiger partial charge in [-0.05, 0) is 49.4 Å². The van der Waals surface area contributed by atoms with E-state index in [2.05, 4.69) is 55.4 Å². The van der Waals surface area contributed by atoms with Crippen molar-refractivity contribution in [3.05, 3.63) is 0 Å². The molecule has 0 fully saturated rings. The molecule has 0 aromatic rings. The molecule has 0 bridgehead atoms. The first-order valence-electron chi connectivity index (χ1n) is 33.7. The molecular weight excluding hydrogens is 1110 g/mol. The Labute approximate surface area is 511 Å². The third-order valence-electron chi connectivity index (χ3n) is 15.2. The van der Waals surface area contributed by atoms with E-state index >= 15 is 0 Å². The second-order valence-electron chi connectivity index (χ2n) is 25.2. The molecule has 0 aromatic heterocycles. The monoisotopic (exact) mass is 1240 g/mol. The topological polar surface area (TPSA) is 237 Å². The fraction of sp³-hybridized carbons (Fsp3) is 0.938. The summed E-state index contributed by atoms with van der Waals surface area (Å²) >= 11 is 0. The van der Waals surface area contributed by atoms with E-state index in [9.17, 15) is 43.2 Å². The largest absolute Gasteiger partial charge is 0.472 e. The van der Waals surface area contributed by atoms with Gasteiger partial charge in [-0.3, -0.25) is 37.3 Å². The summed E-state index contributed by atoms with van der Waals surface area (Å²) in [6.07, 6.45) is 35.0. The van der Waals surface area contributed by atoms with Gasteiger partial charge in [-0.25, -0.2) is 9.13 Å². The van der Waals surface area contributed by atoms with Crippen LogP contribution < -0.4 is 0 Å². The summed E-state index contributed by atoms with van der Waals surface area (Å²) in [5.74, 6) is 0.760. The van der Waals surface area contributed by atoms with Crippen LogP contribution >= 0.6 is 15.6 Å². The quantitative estimate of drug-likeness (QED) is 0.0222. The molecule has 0 heterocycles. The highest BCUT2D eigenvalue weighted by Crippen LogP contribution is 2.45. The van der Waals surface area contributed by atoms with Crippen molar-refractivity contribution in [2.75, 3.05) is 39.6 Å². The third-order valence-corrected chi connectivity index (χ3v) is 17.1. The lowest BCUT2D eigenvalue weighted by molar-refractivity contribution is -0.161. The maximum atomic E-state index is 13.0. The highest BCUT2D eigenvalue weighted by Gasteiger charge is 2.30. The number of aliphatic hydroxyl groups is 1. The Hall–Kier alpha value is -1.94. The fourth-order valence-electron chi connectivity index (χ4n) is 9.57. The van der Waals surface area contributed by atoms with Gasteiger partial charge in [0.25, 0.3) is 0 Å². The first-order chi connectivity index (χ1) is 40.1. The van der Waals surface area contributed by atoms with Crippen LogP contribution in [0.2, 0.25) is 0 Å². The van der Waals surface area contributed by atoms with Crippen LogP contribution in [-0.2, 0) is 65.4 Å². The zero-order chi connectivity index (χ0) is 62.5. The summed E-state index contributed by atoms with van der Waals surface area (Å²) in [4.78, 5) is 72.2. The lowest BCUT2D eigenvalue weighted by Gasteiger charge is -2.21. The van der Waals surface area contributed by atoms with Gasteiger partial charge in [0.05, 0.1) is 26.4 Å². The second-order valence-corrected chi connectivity index (χ2v) is 28.1. The van der Waals surface area contributed by atoms with Gasteiger partial charge in [0.1, 0.15) is 19.3 Å². The number of rotatable bonds is 62. The van der Waals surface area contributed by atoms with Crippen molar-refractivity contribution in [1.29, 1.82) is 0 Å². The van der Waals surface area contributed by atoms with E-state index in [1.54, 1.807) is 0 Å². The Bertz CT molecular complexity index is 1680. The lowest BCUT2D eigenvalue weighted by atomic mass is 9.99. The molecule has 6 atom stereocenters. The number of hydrogen-bond donors (Lipinski definition) is 3. The van der Waals surface area contributed by atoms with Crippen LogP contribution in [0.4, 0.5) is 0 Å². The zero-order valence-electron chi connectivity index (χ0n) is 54.5. The number of hydrogen-bond acceptors (Lipinski definition) is 15. The normalized spacial score (nSPS) is 14.7. The van der Waals surface area contributed by atoms with Crippen LogP contribution in [0, 0.1) is 23.7 Å². The first kappa shape index (κ1) is 82.1. The third kappa shape index (κ3) is 57.8. The van der Waals surface area contributed by atoms with Gasteiger partial charge < -0.3 is 33.8 Å². The fourth-order valence-corrected chi connectivity index (χ4v) is 11.2. The predicted octanol–water partition coefficient (Wildman–Crippen LogP) is 17.8. The van der Waals surface area contributed by atoms with Crippen molar-refractivity contribution in [1.82, 2.24) is 0 Å². The van der Waals surface area contributed by atoms with Crippen LogP contribution in [-0.4, -0.2) is 96.7 Å². The summed E-state index contributed by atoms with van der Waals surface area (Å²) in [6, 6.07) is 0. The Kier molecular flexibility index (Phi) is 53.9. The van der Waals surface area contributed by atoms with Gasteiger partial charge in [0.15, 0.2) is 12.2 Å². The van der Waals surface area contributed by atoms with Gasteiger partial charge in [-0.1, -0.05) is 261 Å². The maximum absolute atomic E-state index is 13.0. The van der Waals surface area contributed by atoms with Gasteiger partial charge in [0, 0.05) is 25.7 Å². The van der Waals surface area contributed by atoms with Crippen molar-refractivity contribution in [2.45, 2.75) is 331 Å². The van der Waals surface area contributed by atoms with Crippen molar-refractivity contribution in [2.24, 2.45) is 23.7 Å². The Morgan fingerprint density at radius 1 is 0.333 bits per heavy atom. The summed E-state index contributed by atoms with van der Waals surface area (Å²) in [5.41, 5.74) is 0. The highest BCUT2D eigenvalue weighted by molar-refractivity contribution is 7.47. The molecule has 0 rings (SSSR count). The van der Waals surface area contributed by atoms with Crippen LogP contribution in [0.15, 0.2) is 0 Å². The summed E-state index contributed by atoms with van der Waals surface area (Å²) in [5, 5.41) is 10.5. The first-order valence-corrected chi connectivity index (χ1v) is 36.7. The number of phosphoric ester groups is 2. The Morgan fingerprint density at radius 3 is 0.845 bits per heavy atom. The van der Waals surface area contributed by atoms with Crippen molar-refractivity contribution >= 4 is 39.5 Å². The molecule has 0 saturated heterocycles. The molecule has 0 aromatic carbocycles. The van der Waals surface area contributed by atoms with Crippen LogP contribution in [0.3, 0.4) is 0 Å². The molecule has 4 unspecified atom stereocenters. The average molecular weight is 1240 g/mol. The van der Waals surface area contributed by atoms with Crippen molar-refractivity contribution in [3.63, 3.8) is 0 Å². The summed E-state index contributed by atoms with van der Waals surface area (Å²) in [7, 11) is -9.89. The van der Waals surface area contributed by atoms with E-state index in [0.717, 1.165) is 108 Å². The molecule has 84 heavy (non-hydrogen) atoms. The van der Waals surface area contributed by atoms with Gasteiger partial charge in [-0.2, -0.15) is 0 Å². The number of ether oxygens (including phenoxy) is 4. The number of phosphoric acid groups is 2. The zero-order valence-corrected chi connectivity index (χ0v) is 56.3. The van der Waals surface area contributed by atoms with Crippen LogP contribution in [0.25, 0.3) is 0 Å². The Morgan fingerprint density at radius 2 is 0.571 bits per heavy atom. The summed E-state index contributed by atoms with van der Waals surface area (Å²) < 4.78 is 68.0. The van der Waals surface area contributed by atoms with Crippen LogP contribution in [0.1, 0.15) is 312 Å². The van der Waals surface area contributed by atoms with Gasteiger partial charge in [0.2, 0.25) is 0 Å². The molecule has 0 amide bonds. The van der Waals surface area contributed by atoms with E-state index in [1.165, 1.54) is 109 Å². The van der Waals surface area contributed by atoms with Gasteiger partial charge in [-0.15, -0.1) is 0 Å². The minimum absolute atomic E-state index is 0.101. The van der Waals surface area contributed by atoms with E-state index in [1.807, 2.05) is 0 Å². The van der Waals surface area contributed by atoms with Crippen molar-refractivity contribution < 1.29 is 80.2 Å². The number of esters is 4. The van der Waals surface area contributed by atoms with Crippen molar-refractivity contribution in [3.8, 4) is 0 Å². The number of carbonyl (C=O) groups excluding carboxylic acids is 4. The van der Waals surface area contributed by atoms with E-state index < -0.39 is 97.5 Å². The Balaban J connectivity index is 5.25. The molecule has 0 aliphatic carbocycles. The molecule has 0 radical (unpaired) electrons. The minimum atomic E-state index is -4.95. The molecule has 0 aliphatic heterocycles. The van der Waals surface area contributed by atoms with Gasteiger partial charge >= 0.3 is 39.5 Å². The molecule has 0 spiro atoms. The number of aliphatic hydroxyl groups excluding tert-OH is 1. The highest BCUT2D eigenvalue weighted by atomic mass is 31.2.